The van der Waals surface area contributed by atoms with Crippen LogP contribution in [-0.2, 0) is 6.42 Å². The Morgan fingerprint density at radius 3 is 2.88 bits per heavy atom. The molecule has 1 aliphatic heterocycles. The van der Waals surface area contributed by atoms with Crippen LogP contribution in [0.4, 0.5) is 17.5 Å². The van der Waals surface area contributed by atoms with E-state index in [0.29, 0.717) is 35.3 Å². The Hall–Kier alpha value is -4.38. The van der Waals surface area contributed by atoms with Crippen molar-refractivity contribution in [2.75, 3.05) is 23.8 Å². The van der Waals surface area contributed by atoms with Gasteiger partial charge in [0.25, 0.3) is 11.8 Å². The summed E-state index contributed by atoms with van der Waals surface area (Å²) in [7, 11) is 0. The number of hydrogen-bond donors (Lipinski definition) is 4. The van der Waals surface area contributed by atoms with Crippen molar-refractivity contribution in [3.63, 3.8) is 0 Å². The maximum atomic E-state index is 12.0. The Bertz CT molecular complexity index is 1330. The average molecular weight is 458 g/mol. The molecular weight excluding hydrogens is 436 g/mol. The number of nitrogens with one attached hydrogen (secondary N) is 3. The molecule has 1 unspecified atom stereocenters. The average Bonchev–Trinajstić information content (AvgIpc) is 3.29. The highest BCUT2D eigenvalue weighted by Gasteiger charge is 2.20. The molecular formula is C23H22N8O3. The smallest absolute Gasteiger partial charge is 0.253 e. The summed E-state index contributed by atoms with van der Waals surface area (Å²) in [6.45, 7) is 2.12. The molecule has 4 N–H and O–H groups in total. The number of aliphatic hydroxyl groups excluding tert-OH is 1. The highest BCUT2D eigenvalue weighted by atomic mass is 16.4. The lowest BCUT2D eigenvalue weighted by Crippen LogP contribution is -2.31. The molecule has 11 nitrogen and oxygen atoms in total. The van der Waals surface area contributed by atoms with Crippen molar-refractivity contribution in [2.45, 2.75) is 19.4 Å². The molecule has 172 valence electrons. The van der Waals surface area contributed by atoms with Gasteiger partial charge in [0, 0.05) is 43.3 Å². The molecule has 1 aromatic carbocycles. The highest BCUT2D eigenvalue weighted by molar-refractivity contribution is 5.97. The molecule has 1 amide bonds. The highest BCUT2D eigenvalue weighted by Crippen LogP contribution is 2.30. The van der Waals surface area contributed by atoms with E-state index in [4.69, 9.17) is 4.42 Å². The van der Waals surface area contributed by atoms with Gasteiger partial charge in [-0.15, -0.1) is 10.2 Å². The molecule has 1 aliphatic rings. The minimum Gasteiger partial charge on any atom is -0.421 e. The lowest BCUT2D eigenvalue weighted by atomic mass is 10.00. The number of anilines is 3. The molecule has 3 aromatic heterocycles. The van der Waals surface area contributed by atoms with Crippen molar-refractivity contribution < 1.29 is 14.3 Å². The van der Waals surface area contributed by atoms with Gasteiger partial charge in [-0.2, -0.15) is 4.98 Å². The van der Waals surface area contributed by atoms with Gasteiger partial charge in [-0.1, -0.05) is 6.07 Å². The van der Waals surface area contributed by atoms with Crippen molar-refractivity contribution >= 4 is 23.4 Å². The number of aliphatic hydroxyl groups is 1. The molecule has 0 spiro atoms. The molecule has 0 radical (unpaired) electrons. The molecule has 0 fully saturated rings. The standard InChI is InChI=1S/C23H22N8O3/c1-13-30-31-22(34-13)18-11-26-23(27-16-4-5-17-14(9-16)6-8-25-21(17)33)29-20(18)28-19(12-32)15-3-2-7-24-10-15/h2-5,7,9-11,19,32H,6,8,12H2,1H3,(H,25,33)(H2,26,27,28,29). The predicted molar refractivity (Wildman–Crippen MR) is 124 cm³/mol. The first-order valence-electron chi connectivity index (χ1n) is 10.7. The van der Waals surface area contributed by atoms with E-state index in [2.05, 4.69) is 41.1 Å². The number of fused-ring (bicyclic) bond motifs is 1. The topological polar surface area (TPSA) is 151 Å². The second-order valence-electron chi connectivity index (χ2n) is 7.75. The molecule has 5 rings (SSSR count). The van der Waals surface area contributed by atoms with Crippen LogP contribution >= 0.6 is 0 Å². The van der Waals surface area contributed by atoms with Gasteiger partial charge in [0.05, 0.1) is 18.2 Å². The Morgan fingerprint density at radius 1 is 1.21 bits per heavy atom. The number of hydrogen-bond acceptors (Lipinski definition) is 10. The van der Waals surface area contributed by atoms with Crippen LogP contribution < -0.4 is 16.0 Å². The van der Waals surface area contributed by atoms with Crippen LogP contribution in [0.2, 0.25) is 0 Å². The number of benzene rings is 1. The Labute approximate surface area is 194 Å². The second kappa shape index (κ2) is 9.24. The molecule has 11 heteroatoms. The van der Waals surface area contributed by atoms with Crippen molar-refractivity contribution in [3.05, 3.63) is 71.5 Å². The van der Waals surface area contributed by atoms with E-state index < -0.39 is 6.04 Å². The van der Waals surface area contributed by atoms with Crippen LogP contribution in [0.5, 0.6) is 0 Å². The fraction of sp³-hybridized carbons (Fsp3) is 0.217. The van der Waals surface area contributed by atoms with Crippen molar-refractivity contribution in [2.24, 2.45) is 0 Å². The number of pyridine rings is 1. The quantitative estimate of drug-likeness (QED) is 0.325. The Kier molecular flexibility index (Phi) is 5.83. The first-order chi connectivity index (χ1) is 16.6. The number of rotatable bonds is 7. The van der Waals surface area contributed by atoms with Crippen LogP contribution in [-0.4, -0.2) is 49.3 Å². The molecule has 0 bridgehead atoms. The molecule has 4 aromatic rings. The minimum atomic E-state index is -0.471. The minimum absolute atomic E-state index is 0.0693. The van der Waals surface area contributed by atoms with Crippen molar-refractivity contribution in [1.29, 1.82) is 0 Å². The van der Waals surface area contributed by atoms with Crippen LogP contribution in [0.15, 0.2) is 53.3 Å². The zero-order valence-corrected chi connectivity index (χ0v) is 18.3. The number of carbonyl (C=O) groups excluding carboxylic acids is 1. The summed E-state index contributed by atoms with van der Waals surface area (Å²) < 4.78 is 5.59. The van der Waals surface area contributed by atoms with Crippen LogP contribution in [0, 0.1) is 6.92 Å². The predicted octanol–water partition coefficient (Wildman–Crippen LogP) is 2.41. The van der Waals surface area contributed by atoms with E-state index in [1.165, 1.54) is 0 Å². The van der Waals surface area contributed by atoms with Crippen LogP contribution in [0.25, 0.3) is 11.5 Å². The lowest BCUT2D eigenvalue weighted by Gasteiger charge is -2.19. The number of aromatic nitrogens is 5. The van der Waals surface area contributed by atoms with Gasteiger partial charge < -0.3 is 25.5 Å². The Morgan fingerprint density at radius 2 is 2.12 bits per heavy atom. The zero-order valence-electron chi connectivity index (χ0n) is 18.3. The van der Waals surface area contributed by atoms with E-state index in [0.717, 1.165) is 23.2 Å². The van der Waals surface area contributed by atoms with Crippen LogP contribution in [0.1, 0.15) is 33.4 Å². The first kappa shape index (κ1) is 21.5. The molecule has 4 heterocycles. The van der Waals surface area contributed by atoms with Crippen LogP contribution in [0.3, 0.4) is 0 Å². The third-order valence-electron chi connectivity index (χ3n) is 5.41. The third kappa shape index (κ3) is 4.41. The fourth-order valence-corrected chi connectivity index (χ4v) is 3.73. The SMILES string of the molecule is Cc1nnc(-c2cnc(Nc3ccc4c(c3)CCNC4=O)nc2NC(CO)c2cccnc2)o1. The van der Waals surface area contributed by atoms with Gasteiger partial charge in [-0.3, -0.25) is 9.78 Å². The summed E-state index contributed by atoms with van der Waals surface area (Å²) in [4.78, 5) is 25.2. The largest absolute Gasteiger partial charge is 0.421 e. The summed E-state index contributed by atoms with van der Waals surface area (Å²) in [5.41, 5.74) is 3.67. The third-order valence-corrected chi connectivity index (χ3v) is 5.41. The maximum Gasteiger partial charge on any atom is 0.253 e. The molecule has 1 atom stereocenters. The summed E-state index contributed by atoms with van der Waals surface area (Å²) in [6.07, 6.45) is 5.67. The number of amides is 1. The van der Waals surface area contributed by atoms with E-state index in [1.807, 2.05) is 18.2 Å². The van der Waals surface area contributed by atoms with Gasteiger partial charge >= 0.3 is 0 Å². The normalized spacial score (nSPS) is 13.6. The number of carbonyl (C=O) groups is 1. The van der Waals surface area contributed by atoms with E-state index in [-0.39, 0.29) is 18.4 Å². The van der Waals surface area contributed by atoms with Gasteiger partial charge in [0.2, 0.25) is 11.8 Å². The van der Waals surface area contributed by atoms with Gasteiger partial charge in [0.1, 0.15) is 5.82 Å². The van der Waals surface area contributed by atoms with Gasteiger partial charge in [-0.25, -0.2) is 4.98 Å². The molecule has 0 aliphatic carbocycles. The molecule has 0 saturated carbocycles. The maximum absolute atomic E-state index is 12.0. The van der Waals surface area contributed by atoms with Crippen molar-refractivity contribution in [1.82, 2.24) is 30.5 Å². The van der Waals surface area contributed by atoms with Gasteiger partial charge in [0.15, 0.2) is 0 Å². The Balaban J connectivity index is 1.48. The molecule has 0 saturated heterocycles. The van der Waals surface area contributed by atoms with E-state index in [1.54, 1.807) is 37.6 Å². The second-order valence-corrected chi connectivity index (χ2v) is 7.75. The van der Waals surface area contributed by atoms with E-state index in [9.17, 15) is 9.90 Å². The zero-order chi connectivity index (χ0) is 23.5. The summed E-state index contributed by atoms with van der Waals surface area (Å²) in [5.74, 6) is 1.33. The fourth-order valence-electron chi connectivity index (χ4n) is 3.73. The number of nitrogens with zero attached hydrogens (tertiary/aromatic N) is 5. The summed E-state index contributed by atoms with van der Waals surface area (Å²) in [5, 5.41) is 27.3. The molecule has 34 heavy (non-hydrogen) atoms. The summed E-state index contributed by atoms with van der Waals surface area (Å²) >= 11 is 0. The van der Waals surface area contributed by atoms with Gasteiger partial charge in [-0.05, 0) is 41.8 Å². The first-order valence-corrected chi connectivity index (χ1v) is 10.7. The van der Waals surface area contributed by atoms with E-state index >= 15 is 0 Å². The monoisotopic (exact) mass is 458 g/mol. The summed E-state index contributed by atoms with van der Waals surface area (Å²) in [6, 6.07) is 8.70. The lowest BCUT2D eigenvalue weighted by molar-refractivity contribution is 0.0946. The number of aryl methyl sites for hydroxylation is 1. The van der Waals surface area contributed by atoms with Crippen molar-refractivity contribution in [3.8, 4) is 11.5 Å².